The van der Waals surface area contributed by atoms with Gasteiger partial charge in [-0.15, -0.1) is 11.8 Å². The smallest absolute Gasteiger partial charge is 0.238 e. The van der Waals surface area contributed by atoms with Crippen LogP contribution < -0.4 is 10.6 Å². The summed E-state index contributed by atoms with van der Waals surface area (Å²) >= 11 is 1.77. The Balaban J connectivity index is 1.91. The molecular weight excluding hydrogens is 236 g/mol. The highest BCUT2D eigenvalue weighted by atomic mass is 32.2. The molecule has 0 spiro atoms. The van der Waals surface area contributed by atoms with Gasteiger partial charge in [-0.3, -0.25) is 10.1 Å². The van der Waals surface area contributed by atoms with Crippen LogP contribution in [0, 0.1) is 5.41 Å². The molecule has 0 aromatic carbocycles. The Hall–Kier alpha value is -0.260. The van der Waals surface area contributed by atoms with E-state index in [0.717, 1.165) is 18.1 Å². The molecule has 1 heterocycles. The average Bonchev–Trinajstić information content (AvgIpc) is 2.81. The molecule has 0 aromatic rings. The van der Waals surface area contributed by atoms with E-state index in [1.807, 2.05) is 0 Å². The second kappa shape index (κ2) is 4.44. The maximum atomic E-state index is 12.0. The zero-order chi connectivity index (χ0) is 12.7. The molecule has 1 aliphatic heterocycles. The third-order valence-corrected chi connectivity index (χ3v) is 5.57. The summed E-state index contributed by atoms with van der Waals surface area (Å²) in [5.41, 5.74) is -0.133. The number of amides is 1. The van der Waals surface area contributed by atoms with Crippen molar-refractivity contribution in [3.8, 4) is 0 Å². The predicted octanol–water partition coefficient (Wildman–Crippen LogP) is 0.969. The van der Waals surface area contributed by atoms with Crippen LogP contribution in [0.1, 0.15) is 27.2 Å². The molecule has 2 rings (SSSR count). The SMILES string of the molecule is CO[C@]1(C)C[C@H](NC(=O)[C@@H]2CSCN2)C1(C)C. The molecule has 0 bridgehead atoms. The summed E-state index contributed by atoms with van der Waals surface area (Å²) < 4.78 is 5.56. The first-order valence-electron chi connectivity index (χ1n) is 6.07. The van der Waals surface area contributed by atoms with Crippen molar-refractivity contribution in [3.05, 3.63) is 0 Å². The first-order chi connectivity index (χ1) is 7.90. The van der Waals surface area contributed by atoms with Gasteiger partial charge in [0, 0.05) is 30.2 Å². The third-order valence-electron chi connectivity index (χ3n) is 4.63. The predicted molar refractivity (Wildman–Crippen MR) is 70.0 cm³/mol. The lowest BCUT2D eigenvalue weighted by atomic mass is 9.56. The average molecular weight is 258 g/mol. The monoisotopic (exact) mass is 258 g/mol. The summed E-state index contributed by atoms with van der Waals surface area (Å²) in [5, 5.41) is 6.33. The van der Waals surface area contributed by atoms with Gasteiger partial charge in [0.25, 0.3) is 0 Å². The Morgan fingerprint density at radius 3 is 2.65 bits per heavy atom. The standard InChI is InChI=1S/C12H22N2O2S/c1-11(2)9(5-12(11,3)16-4)14-10(15)8-6-17-7-13-8/h8-9,13H,5-7H2,1-4H3,(H,14,15)/t8-,9-,12+/m0/s1. The van der Waals surface area contributed by atoms with Gasteiger partial charge in [0.1, 0.15) is 0 Å². The first kappa shape index (κ1) is 13.2. The van der Waals surface area contributed by atoms with E-state index in [-0.39, 0.29) is 29.0 Å². The second-order valence-corrected chi connectivity index (χ2v) is 6.72. The maximum Gasteiger partial charge on any atom is 0.238 e. The van der Waals surface area contributed by atoms with Gasteiger partial charge < -0.3 is 10.1 Å². The minimum atomic E-state index is -0.122. The third kappa shape index (κ3) is 2.09. The zero-order valence-corrected chi connectivity index (χ0v) is 11.8. The minimum Gasteiger partial charge on any atom is -0.378 e. The number of nitrogens with one attached hydrogen (secondary N) is 2. The Bertz CT molecular complexity index is 316. The Labute approximate surface area is 107 Å². The number of rotatable bonds is 3. The summed E-state index contributed by atoms with van der Waals surface area (Å²) in [5.74, 6) is 1.88. The number of ether oxygens (including phenoxy) is 1. The van der Waals surface area contributed by atoms with Crippen LogP contribution in [0.2, 0.25) is 0 Å². The summed E-state index contributed by atoms with van der Waals surface area (Å²) in [7, 11) is 1.74. The van der Waals surface area contributed by atoms with Gasteiger partial charge in [0.2, 0.25) is 5.91 Å². The fourth-order valence-corrected chi connectivity index (χ4v) is 3.50. The van der Waals surface area contributed by atoms with Crippen LogP contribution in [-0.4, -0.2) is 42.3 Å². The van der Waals surface area contributed by atoms with Gasteiger partial charge in [-0.25, -0.2) is 0 Å². The number of thioether (sulfide) groups is 1. The van der Waals surface area contributed by atoms with Crippen LogP contribution in [0.4, 0.5) is 0 Å². The van der Waals surface area contributed by atoms with Gasteiger partial charge in [0.15, 0.2) is 0 Å². The van der Waals surface area contributed by atoms with E-state index in [1.54, 1.807) is 18.9 Å². The van der Waals surface area contributed by atoms with E-state index in [0.29, 0.717) is 0 Å². The van der Waals surface area contributed by atoms with Crippen LogP contribution in [-0.2, 0) is 9.53 Å². The second-order valence-electron chi connectivity index (χ2n) is 5.69. The zero-order valence-electron chi connectivity index (χ0n) is 11.0. The van der Waals surface area contributed by atoms with Crippen molar-refractivity contribution < 1.29 is 9.53 Å². The Morgan fingerprint density at radius 2 is 2.18 bits per heavy atom. The van der Waals surface area contributed by atoms with Gasteiger partial charge >= 0.3 is 0 Å². The molecular formula is C12H22N2O2S. The molecule has 5 heteroatoms. The van der Waals surface area contributed by atoms with E-state index in [2.05, 4.69) is 31.4 Å². The first-order valence-corrected chi connectivity index (χ1v) is 7.23. The number of hydrogen-bond donors (Lipinski definition) is 2. The molecule has 1 saturated carbocycles. The fourth-order valence-electron chi connectivity index (χ4n) is 2.56. The van der Waals surface area contributed by atoms with E-state index in [4.69, 9.17) is 4.74 Å². The van der Waals surface area contributed by atoms with Gasteiger partial charge in [-0.05, 0) is 13.3 Å². The topological polar surface area (TPSA) is 50.4 Å². The lowest BCUT2D eigenvalue weighted by Gasteiger charge is -2.59. The van der Waals surface area contributed by atoms with Crippen LogP contribution in [0.15, 0.2) is 0 Å². The Morgan fingerprint density at radius 1 is 1.47 bits per heavy atom. The largest absolute Gasteiger partial charge is 0.378 e. The highest BCUT2D eigenvalue weighted by molar-refractivity contribution is 7.99. The fraction of sp³-hybridized carbons (Fsp3) is 0.917. The molecule has 17 heavy (non-hydrogen) atoms. The van der Waals surface area contributed by atoms with Crippen molar-refractivity contribution in [1.29, 1.82) is 0 Å². The van der Waals surface area contributed by atoms with Gasteiger partial charge in [-0.2, -0.15) is 0 Å². The van der Waals surface area contributed by atoms with Gasteiger partial charge in [-0.1, -0.05) is 13.8 Å². The molecule has 3 atom stereocenters. The highest BCUT2D eigenvalue weighted by Crippen LogP contribution is 2.51. The molecule has 98 valence electrons. The number of carbonyl (C=O) groups is 1. The minimum absolute atomic E-state index is 0.0108. The van der Waals surface area contributed by atoms with Crippen LogP contribution >= 0.6 is 11.8 Å². The molecule has 0 unspecified atom stereocenters. The number of methoxy groups -OCH3 is 1. The van der Waals surface area contributed by atoms with Crippen LogP contribution in [0.25, 0.3) is 0 Å². The summed E-state index contributed by atoms with van der Waals surface area (Å²) in [6.45, 7) is 6.42. The van der Waals surface area contributed by atoms with Crippen molar-refractivity contribution >= 4 is 17.7 Å². The molecule has 2 fully saturated rings. The quantitative estimate of drug-likeness (QED) is 0.792. The van der Waals surface area contributed by atoms with E-state index in [9.17, 15) is 4.79 Å². The van der Waals surface area contributed by atoms with Gasteiger partial charge in [0.05, 0.1) is 11.6 Å². The lowest BCUT2D eigenvalue weighted by molar-refractivity contribution is -0.182. The molecule has 1 saturated heterocycles. The highest BCUT2D eigenvalue weighted by Gasteiger charge is 2.58. The molecule has 1 amide bonds. The number of carbonyl (C=O) groups excluding carboxylic acids is 1. The molecule has 0 radical (unpaired) electrons. The molecule has 4 nitrogen and oxygen atoms in total. The summed E-state index contributed by atoms with van der Waals surface area (Å²) in [4.78, 5) is 12.0. The van der Waals surface area contributed by atoms with Crippen LogP contribution in [0.3, 0.4) is 0 Å². The molecule has 2 aliphatic rings. The van der Waals surface area contributed by atoms with Crippen molar-refractivity contribution in [2.24, 2.45) is 5.41 Å². The summed E-state index contributed by atoms with van der Waals surface area (Å²) in [6, 6.07) is 0.192. The maximum absolute atomic E-state index is 12.0. The molecule has 1 aliphatic carbocycles. The van der Waals surface area contributed by atoms with Crippen molar-refractivity contribution in [3.63, 3.8) is 0 Å². The van der Waals surface area contributed by atoms with Crippen molar-refractivity contribution in [2.75, 3.05) is 18.7 Å². The summed E-state index contributed by atoms with van der Waals surface area (Å²) in [6.07, 6.45) is 0.891. The molecule has 2 N–H and O–H groups in total. The van der Waals surface area contributed by atoms with Crippen molar-refractivity contribution in [1.82, 2.24) is 10.6 Å². The van der Waals surface area contributed by atoms with Crippen LogP contribution in [0.5, 0.6) is 0 Å². The van der Waals surface area contributed by atoms with E-state index in [1.165, 1.54) is 0 Å². The number of hydrogen-bond acceptors (Lipinski definition) is 4. The van der Waals surface area contributed by atoms with Crippen molar-refractivity contribution in [2.45, 2.75) is 44.9 Å². The lowest BCUT2D eigenvalue weighted by Crippen LogP contribution is -2.69. The normalized spacial score (nSPS) is 39.8. The van der Waals surface area contributed by atoms with E-state index >= 15 is 0 Å². The molecule has 0 aromatic heterocycles. The Kier molecular flexibility index (Phi) is 3.45. The van der Waals surface area contributed by atoms with E-state index < -0.39 is 0 Å².